The molecule has 0 nitrogen and oxygen atoms in total. The molecule has 27 heavy (non-hydrogen) atoms. The Bertz CT molecular complexity index is 712. The molecule has 4 saturated carbocycles. The van der Waals surface area contributed by atoms with Crippen molar-refractivity contribution < 1.29 is 0 Å². The molecule has 143 valence electrons. The Kier molecular flexibility index (Phi) is 3.36. The highest BCUT2D eigenvalue weighted by Gasteiger charge is 2.57. The number of fused-ring (bicyclic) bond motifs is 6. The van der Waals surface area contributed by atoms with Gasteiger partial charge in [0.15, 0.2) is 0 Å². The first-order valence-corrected chi connectivity index (χ1v) is 12.3. The molecular weight excluding hydrogens is 324 g/mol. The maximum Gasteiger partial charge on any atom is 0.0228 e. The van der Waals surface area contributed by atoms with Gasteiger partial charge >= 0.3 is 0 Å². The van der Waals surface area contributed by atoms with E-state index < -0.39 is 0 Å². The first-order chi connectivity index (χ1) is 13.3. The monoisotopic (exact) mass is 359 g/mol. The fourth-order valence-electron chi connectivity index (χ4n) is 9.10. The summed E-state index contributed by atoms with van der Waals surface area (Å²) in [4.78, 5) is 0. The Labute approximate surface area is 165 Å². The van der Waals surface area contributed by atoms with Gasteiger partial charge in [-0.3, -0.25) is 0 Å². The van der Waals surface area contributed by atoms with Crippen LogP contribution in [0.4, 0.5) is 0 Å². The number of rotatable bonds is 3. The van der Waals surface area contributed by atoms with E-state index in [0.29, 0.717) is 5.41 Å². The lowest BCUT2D eigenvalue weighted by molar-refractivity contribution is 0.279. The summed E-state index contributed by atoms with van der Waals surface area (Å²) in [6.45, 7) is 0. The van der Waals surface area contributed by atoms with Crippen LogP contribution in [0.2, 0.25) is 0 Å². The Morgan fingerprint density at radius 3 is 1.70 bits per heavy atom. The molecule has 0 aromatic rings. The third kappa shape index (κ3) is 2.11. The lowest BCUT2D eigenvalue weighted by Crippen LogP contribution is -2.41. The van der Waals surface area contributed by atoms with Crippen molar-refractivity contribution in [2.75, 3.05) is 0 Å². The van der Waals surface area contributed by atoms with E-state index in [9.17, 15) is 0 Å². The van der Waals surface area contributed by atoms with Crippen molar-refractivity contribution in [3.05, 3.63) is 40.9 Å². The molecule has 0 aliphatic heterocycles. The van der Waals surface area contributed by atoms with Crippen molar-refractivity contribution in [3.8, 4) is 0 Å². The third-order valence-electron chi connectivity index (χ3n) is 10.1. The molecule has 7 rings (SSSR count). The first-order valence-electron chi connectivity index (χ1n) is 12.3. The Hall–Kier alpha value is -0.780. The third-order valence-corrected chi connectivity index (χ3v) is 10.1. The van der Waals surface area contributed by atoms with E-state index >= 15 is 0 Å². The van der Waals surface area contributed by atoms with Crippen LogP contribution in [-0.2, 0) is 0 Å². The maximum absolute atomic E-state index is 2.83. The largest absolute Gasteiger partial charge is 0.0813 e. The maximum atomic E-state index is 2.83. The standard InChI is InChI=1S/C27H35/c1-2-10-27(25-15-18-5-8-21(25)12-18,26-16-19-6-9-22(26)13-19)24(3-1)23-14-17-4-7-20(23)11-17/h14-22H,1-13H2. The van der Waals surface area contributed by atoms with E-state index in [4.69, 9.17) is 0 Å². The predicted octanol–water partition coefficient (Wildman–Crippen LogP) is 7.19. The average Bonchev–Trinajstić information content (AvgIpc) is 3.53. The molecule has 0 aromatic carbocycles. The second-order valence-corrected chi connectivity index (χ2v) is 11.3. The van der Waals surface area contributed by atoms with Gasteiger partial charge in [0.05, 0.1) is 0 Å². The van der Waals surface area contributed by atoms with Gasteiger partial charge in [0.1, 0.15) is 0 Å². The van der Waals surface area contributed by atoms with Crippen molar-refractivity contribution >= 4 is 0 Å². The average molecular weight is 360 g/mol. The zero-order chi connectivity index (χ0) is 17.6. The van der Waals surface area contributed by atoms with Crippen LogP contribution < -0.4 is 0 Å². The van der Waals surface area contributed by atoms with E-state index in [1.807, 2.05) is 22.6 Å². The number of hydrogen-bond donors (Lipinski definition) is 0. The van der Waals surface area contributed by atoms with Gasteiger partial charge in [-0.2, -0.15) is 0 Å². The molecule has 1 radical (unpaired) electrons. The van der Waals surface area contributed by atoms with Crippen LogP contribution in [0.25, 0.3) is 0 Å². The molecule has 7 aliphatic rings. The Balaban J connectivity index is 1.39. The van der Waals surface area contributed by atoms with Crippen LogP contribution in [0.15, 0.2) is 34.9 Å². The highest BCUT2D eigenvalue weighted by Crippen LogP contribution is 2.68. The summed E-state index contributed by atoms with van der Waals surface area (Å²) >= 11 is 0. The van der Waals surface area contributed by atoms with Gasteiger partial charge in [0.2, 0.25) is 0 Å². The van der Waals surface area contributed by atoms with Gasteiger partial charge in [-0.15, -0.1) is 0 Å². The zero-order valence-electron chi connectivity index (χ0n) is 16.9. The van der Waals surface area contributed by atoms with Crippen LogP contribution in [0.5, 0.6) is 0 Å². The quantitative estimate of drug-likeness (QED) is 0.468. The summed E-state index contributed by atoms with van der Waals surface area (Å²) in [6, 6.07) is 0. The summed E-state index contributed by atoms with van der Waals surface area (Å²) in [5.74, 6) is 7.56. The highest BCUT2D eigenvalue weighted by molar-refractivity contribution is 5.53. The van der Waals surface area contributed by atoms with Crippen LogP contribution in [0.1, 0.15) is 83.5 Å². The molecular formula is C27H35. The highest BCUT2D eigenvalue weighted by atomic mass is 14.6. The number of allylic oxidation sites excluding steroid dienone is 6. The van der Waals surface area contributed by atoms with Gasteiger partial charge in [-0.1, -0.05) is 47.8 Å². The zero-order valence-corrected chi connectivity index (χ0v) is 16.9. The van der Waals surface area contributed by atoms with E-state index in [1.165, 1.54) is 83.5 Å². The van der Waals surface area contributed by atoms with Crippen molar-refractivity contribution in [3.63, 3.8) is 0 Å². The van der Waals surface area contributed by atoms with Crippen LogP contribution in [0, 0.1) is 46.8 Å². The molecule has 0 saturated heterocycles. The normalized spacial score (nSPS) is 50.4. The fourth-order valence-corrected chi connectivity index (χ4v) is 9.10. The van der Waals surface area contributed by atoms with E-state index in [2.05, 4.69) is 18.2 Å². The Morgan fingerprint density at radius 1 is 0.630 bits per heavy atom. The summed E-state index contributed by atoms with van der Waals surface area (Å²) in [6.07, 6.45) is 27.7. The van der Waals surface area contributed by atoms with Crippen molar-refractivity contribution in [1.82, 2.24) is 0 Å². The van der Waals surface area contributed by atoms with Gasteiger partial charge in [0.25, 0.3) is 0 Å². The molecule has 4 fully saturated rings. The Morgan fingerprint density at radius 2 is 1.22 bits per heavy atom. The summed E-state index contributed by atoms with van der Waals surface area (Å²) < 4.78 is 0. The molecule has 0 heteroatoms. The van der Waals surface area contributed by atoms with Gasteiger partial charge in [-0.25, -0.2) is 0 Å². The fraction of sp³-hybridized carbons (Fsp3) is 0.741. The minimum atomic E-state index is 0.397. The molecule has 0 amide bonds. The molecule has 6 atom stereocenters. The van der Waals surface area contributed by atoms with Gasteiger partial charge in [-0.05, 0) is 106 Å². The predicted molar refractivity (Wildman–Crippen MR) is 111 cm³/mol. The molecule has 7 aliphatic carbocycles. The second-order valence-electron chi connectivity index (χ2n) is 11.3. The summed E-state index contributed by atoms with van der Waals surface area (Å²) in [7, 11) is 0. The molecule has 0 N–H and O–H groups in total. The van der Waals surface area contributed by atoms with Crippen molar-refractivity contribution in [2.45, 2.75) is 83.5 Å². The topological polar surface area (TPSA) is 0 Å². The summed E-state index contributed by atoms with van der Waals surface area (Å²) in [5.41, 5.74) is 6.19. The minimum Gasteiger partial charge on any atom is -0.0813 e. The van der Waals surface area contributed by atoms with Crippen LogP contribution in [-0.4, -0.2) is 0 Å². The lowest BCUT2D eigenvalue weighted by Gasteiger charge is -2.51. The van der Waals surface area contributed by atoms with Crippen molar-refractivity contribution in [1.29, 1.82) is 0 Å². The van der Waals surface area contributed by atoms with Crippen LogP contribution >= 0.6 is 0 Å². The number of hydrogen-bond acceptors (Lipinski definition) is 0. The minimum absolute atomic E-state index is 0.397. The van der Waals surface area contributed by atoms with Gasteiger partial charge in [0, 0.05) is 11.3 Å². The molecule has 0 heterocycles. The van der Waals surface area contributed by atoms with E-state index in [1.54, 1.807) is 0 Å². The van der Waals surface area contributed by atoms with E-state index in [-0.39, 0.29) is 0 Å². The molecule has 6 unspecified atom stereocenters. The molecule has 0 aromatic heterocycles. The molecule has 6 bridgehead atoms. The second kappa shape index (κ2) is 5.64. The smallest absolute Gasteiger partial charge is 0.0228 e. The van der Waals surface area contributed by atoms with Crippen molar-refractivity contribution in [2.24, 2.45) is 40.9 Å². The first kappa shape index (κ1) is 16.1. The molecule has 0 spiro atoms. The summed E-state index contributed by atoms with van der Waals surface area (Å²) in [5, 5.41) is 0. The van der Waals surface area contributed by atoms with Gasteiger partial charge < -0.3 is 0 Å². The SMILES string of the molecule is C1=C([C]2CCCCC2(C2=CC3CCC2C3)C2=CC3CCC2C3)C2CCC1C2. The van der Waals surface area contributed by atoms with Crippen LogP contribution in [0.3, 0.4) is 0 Å². The lowest BCUT2D eigenvalue weighted by atomic mass is 9.52. The van der Waals surface area contributed by atoms with E-state index in [0.717, 1.165) is 35.5 Å².